The average Bonchev–Trinajstić information content (AvgIpc) is 3.26. The van der Waals surface area contributed by atoms with Gasteiger partial charge in [-0.25, -0.2) is 4.98 Å². The molecule has 2 aromatic heterocycles. The maximum absolute atomic E-state index is 5.77. The summed E-state index contributed by atoms with van der Waals surface area (Å²) in [4.78, 5) is 9.59. The van der Waals surface area contributed by atoms with Gasteiger partial charge in [-0.15, -0.1) is 12.4 Å². The lowest BCUT2D eigenvalue weighted by Gasteiger charge is -2.34. The minimum absolute atomic E-state index is 0. The third-order valence-corrected chi connectivity index (χ3v) is 4.70. The van der Waals surface area contributed by atoms with Crippen molar-refractivity contribution >= 4 is 23.7 Å². The van der Waals surface area contributed by atoms with Crippen molar-refractivity contribution in [2.45, 2.75) is 25.3 Å². The van der Waals surface area contributed by atoms with Crippen molar-refractivity contribution in [3.63, 3.8) is 0 Å². The molecule has 1 saturated carbocycles. The molecular weight excluding hydrogens is 298 g/mol. The number of hydrogen-bond acceptors (Lipinski definition) is 4. The van der Waals surface area contributed by atoms with E-state index in [-0.39, 0.29) is 12.4 Å². The smallest absolute Gasteiger partial charge is 0.160 e. The SMILES string of the molecule is CN1CCN(c2cc(C3CC3)cn3cc(CN)nc23)CC1.Cl. The number of imidazole rings is 1. The zero-order valence-electron chi connectivity index (χ0n) is 13.0. The summed E-state index contributed by atoms with van der Waals surface area (Å²) < 4.78 is 2.18. The van der Waals surface area contributed by atoms with Crippen LogP contribution >= 0.6 is 12.4 Å². The Kier molecular flexibility index (Phi) is 4.30. The molecule has 120 valence electrons. The molecule has 3 heterocycles. The summed E-state index contributed by atoms with van der Waals surface area (Å²) in [5.41, 5.74) is 10.5. The molecule has 2 fully saturated rings. The quantitative estimate of drug-likeness (QED) is 0.937. The monoisotopic (exact) mass is 321 g/mol. The molecule has 0 amide bonds. The second-order valence-electron chi connectivity index (χ2n) is 6.39. The Bertz CT molecular complexity index is 656. The maximum Gasteiger partial charge on any atom is 0.160 e. The standard InChI is InChI=1S/C16H23N5.ClH/c1-19-4-6-20(7-5-19)15-8-13(12-2-3-12)10-21-11-14(9-17)18-16(15)21;/h8,10-12H,2-7,9,17H2,1H3;1H. The number of nitrogens with two attached hydrogens (primary N) is 1. The van der Waals surface area contributed by atoms with Crippen molar-refractivity contribution in [2.75, 3.05) is 38.1 Å². The first-order valence-electron chi connectivity index (χ1n) is 7.89. The van der Waals surface area contributed by atoms with Gasteiger partial charge in [0.25, 0.3) is 0 Å². The second kappa shape index (κ2) is 6.07. The lowest BCUT2D eigenvalue weighted by atomic mass is 10.1. The van der Waals surface area contributed by atoms with Gasteiger partial charge in [-0.1, -0.05) is 0 Å². The predicted octanol–water partition coefficient (Wildman–Crippen LogP) is 1.84. The van der Waals surface area contributed by atoms with E-state index in [4.69, 9.17) is 10.7 Å². The molecule has 22 heavy (non-hydrogen) atoms. The normalized spacial score (nSPS) is 19.5. The first-order valence-corrected chi connectivity index (χ1v) is 7.89. The molecule has 0 aromatic carbocycles. The van der Waals surface area contributed by atoms with E-state index in [2.05, 4.69) is 39.7 Å². The van der Waals surface area contributed by atoms with Gasteiger partial charge < -0.3 is 19.9 Å². The van der Waals surface area contributed by atoms with Crippen LogP contribution in [0.2, 0.25) is 0 Å². The van der Waals surface area contributed by atoms with E-state index in [0.717, 1.165) is 43.4 Å². The molecule has 1 aliphatic heterocycles. The Morgan fingerprint density at radius 2 is 1.91 bits per heavy atom. The molecule has 2 aliphatic rings. The van der Waals surface area contributed by atoms with E-state index < -0.39 is 0 Å². The van der Waals surface area contributed by atoms with Gasteiger partial charge in [0.15, 0.2) is 5.65 Å². The van der Waals surface area contributed by atoms with Crippen LogP contribution in [0, 0.1) is 0 Å². The van der Waals surface area contributed by atoms with Gasteiger partial charge >= 0.3 is 0 Å². The largest absolute Gasteiger partial charge is 0.366 e. The molecule has 0 unspecified atom stereocenters. The average molecular weight is 322 g/mol. The molecule has 0 bridgehead atoms. The summed E-state index contributed by atoms with van der Waals surface area (Å²) in [7, 11) is 2.19. The van der Waals surface area contributed by atoms with Crippen LogP contribution in [0.5, 0.6) is 0 Å². The molecule has 1 saturated heterocycles. The number of halogens is 1. The van der Waals surface area contributed by atoms with Crippen molar-refractivity contribution < 1.29 is 0 Å². The van der Waals surface area contributed by atoms with E-state index in [1.807, 2.05) is 0 Å². The van der Waals surface area contributed by atoms with Crippen LogP contribution < -0.4 is 10.6 Å². The van der Waals surface area contributed by atoms with Crippen LogP contribution in [0.3, 0.4) is 0 Å². The molecule has 0 spiro atoms. The summed E-state index contributed by atoms with van der Waals surface area (Å²) in [6.07, 6.45) is 6.98. The van der Waals surface area contributed by atoms with E-state index in [1.54, 1.807) is 0 Å². The van der Waals surface area contributed by atoms with E-state index >= 15 is 0 Å². The van der Waals surface area contributed by atoms with Crippen LogP contribution in [-0.4, -0.2) is 47.5 Å². The molecule has 4 rings (SSSR count). The highest BCUT2D eigenvalue weighted by atomic mass is 35.5. The van der Waals surface area contributed by atoms with Crippen molar-refractivity contribution in [3.05, 3.63) is 29.7 Å². The lowest BCUT2D eigenvalue weighted by molar-refractivity contribution is 0.313. The first-order chi connectivity index (χ1) is 10.2. The van der Waals surface area contributed by atoms with Crippen LogP contribution in [0.15, 0.2) is 18.5 Å². The van der Waals surface area contributed by atoms with Crippen molar-refractivity contribution in [2.24, 2.45) is 5.73 Å². The molecule has 5 nitrogen and oxygen atoms in total. The third kappa shape index (κ3) is 2.81. The van der Waals surface area contributed by atoms with Gasteiger partial charge in [0.05, 0.1) is 11.4 Å². The lowest BCUT2D eigenvalue weighted by Crippen LogP contribution is -2.44. The number of piperazine rings is 1. The van der Waals surface area contributed by atoms with Gasteiger partial charge in [-0.05, 0) is 37.4 Å². The Hall–Kier alpha value is -1.30. The zero-order valence-corrected chi connectivity index (χ0v) is 13.9. The highest BCUT2D eigenvalue weighted by molar-refractivity contribution is 5.85. The highest BCUT2D eigenvalue weighted by Crippen LogP contribution is 2.41. The molecular formula is C16H24ClN5. The van der Waals surface area contributed by atoms with Gasteiger partial charge in [0.1, 0.15) is 0 Å². The van der Waals surface area contributed by atoms with Gasteiger partial charge in [-0.2, -0.15) is 0 Å². The summed E-state index contributed by atoms with van der Waals surface area (Å²) in [5.74, 6) is 0.754. The number of pyridine rings is 1. The molecule has 0 atom stereocenters. The minimum atomic E-state index is 0. The number of hydrogen-bond donors (Lipinski definition) is 1. The Morgan fingerprint density at radius 1 is 1.18 bits per heavy atom. The predicted molar refractivity (Wildman–Crippen MR) is 92.0 cm³/mol. The molecule has 2 aromatic rings. The van der Waals surface area contributed by atoms with E-state index in [9.17, 15) is 0 Å². The van der Waals surface area contributed by atoms with Gasteiger partial charge in [0, 0.05) is 45.1 Å². The van der Waals surface area contributed by atoms with Crippen LogP contribution in [0.1, 0.15) is 30.0 Å². The van der Waals surface area contributed by atoms with E-state index in [0.29, 0.717) is 6.54 Å². The topological polar surface area (TPSA) is 49.8 Å². The van der Waals surface area contributed by atoms with Crippen LogP contribution in [0.4, 0.5) is 5.69 Å². The number of rotatable bonds is 3. The van der Waals surface area contributed by atoms with Crippen molar-refractivity contribution in [1.29, 1.82) is 0 Å². The molecule has 2 N–H and O–H groups in total. The highest BCUT2D eigenvalue weighted by Gasteiger charge is 2.26. The summed E-state index contributed by atoms with van der Waals surface area (Å²) in [6, 6.07) is 2.37. The Labute approximate surface area is 137 Å². The third-order valence-electron chi connectivity index (χ3n) is 4.70. The molecule has 0 radical (unpaired) electrons. The van der Waals surface area contributed by atoms with Crippen molar-refractivity contribution in [1.82, 2.24) is 14.3 Å². The minimum Gasteiger partial charge on any atom is -0.366 e. The van der Waals surface area contributed by atoms with Crippen LogP contribution in [-0.2, 0) is 6.54 Å². The number of aromatic nitrogens is 2. The molecule has 1 aliphatic carbocycles. The van der Waals surface area contributed by atoms with Gasteiger partial charge in [-0.3, -0.25) is 0 Å². The Balaban J connectivity index is 0.00000144. The van der Waals surface area contributed by atoms with Crippen molar-refractivity contribution in [3.8, 4) is 0 Å². The second-order valence-corrected chi connectivity index (χ2v) is 6.39. The van der Waals surface area contributed by atoms with Crippen LogP contribution in [0.25, 0.3) is 5.65 Å². The zero-order chi connectivity index (χ0) is 14.4. The number of anilines is 1. The molecule has 6 heteroatoms. The number of likely N-dealkylation sites (N-methyl/N-ethyl adjacent to an activating group) is 1. The number of nitrogens with zero attached hydrogens (tertiary/aromatic N) is 4. The Morgan fingerprint density at radius 3 is 2.55 bits per heavy atom. The first kappa shape index (κ1) is 15.6. The van der Waals surface area contributed by atoms with E-state index in [1.165, 1.54) is 24.1 Å². The maximum atomic E-state index is 5.77. The number of fused-ring (bicyclic) bond motifs is 1. The fourth-order valence-electron chi connectivity index (χ4n) is 3.17. The summed E-state index contributed by atoms with van der Waals surface area (Å²) in [6.45, 7) is 4.88. The van der Waals surface area contributed by atoms with Gasteiger partial charge in [0.2, 0.25) is 0 Å². The fourth-order valence-corrected chi connectivity index (χ4v) is 3.17. The summed E-state index contributed by atoms with van der Waals surface area (Å²) >= 11 is 0. The summed E-state index contributed by atoms with van der Waals surface area (Å²) in [5, 5.41) is 0. The fraction of sp³-hybridized carbons (Fsp3) is 0.562.